The largest absolute Gasteiger partial charge is 0.480 e. The molecule has 0 aromatic heterocycles. The first-order valence-electron chi connectivity index (χ1n) is 12.9. The Balaban J connectivity index is 3.44. The van der Waals surface area contributed by atoms with Gasteiger partial charge in [-0.05, 0) is 49.3 Å². The number of carboxylic acid groups (broad SMARTS) is 1. The van der Waals surface area contributed by atoms with E-state index in [1.54, 1.807) is 26.8 Å². The van der Waals surface area contributed by atoms with E-state index >= 15 is 0 Å². The Bertz CT molecular complexity index is 942. The monoisotopic (exact) mass is 521 g/mol. The maximum atomic E-state index is 12.8. The van der Waals surface area contributed by atoms with Crippen molar-refractivity contribution in [3.63, 3.8) is 0 Å². The highest BCUT2D eigenvalue weighted by molar-refractivity contribution is 5.79. The summed E-state index contributed by atoms with van der Waals surface area (Å²) in [5.41, 5.74) is 6.48. The second kappa shape index (κ2) is 14.7. The third kappa shape index (κ3) is 9.80. The molecule has 4 unspecified atom stereocenters. The first kappa shape index (κ1) is 32.1. The summed E-state index contributed by atoms with van der Waals surface area (Å²) in [6.07, 6.45) is 0.402. The van der Waals surface area contributed by atoms with Gasteiger partial charge in [0, 0.05) is 12.3 Å². The third-order valence-corrected chi connectivity index (χ3v) is 6.65. The molecule has 0 heterocycles. The number of carboxylic acids is 1. The second-order valence-electron chi connectivity index (χ2n) is 10.4. The van der Waals surface area contributed by atoms with E-state index in [1.807, 2.05) is 34.6 Å². The molecule has 5 atom stereocenters. The van der Waals surface area contributed by atoms with Crippen molar-refractivity contribution in [3.8, 4) is 11.5 Å². The SMILES string of the molecule is CCCC(=O)OC(C)CC(c1ccc(OC(=O)C(C)C(C)C)c(OC(=O)C(C)C(C)C)c1)[C@H](N)C(=O)O. The lowest BCUT2D eigenvalue weighted by atomic mass is 9.87. The van der Waals surface area contributed by atoms with Gasteiger partial charge in [-0.3, -0.25) is 19.2 Å². The molecule has 1 aromatic rings. The van der Waals surface area contributed by atoms with Gasteiger partial charge in [0.25, 0.3) is 0 Å². The predicted molar refractivity (Wildman–Crippen MR) is 139 cm³/mol. The summed E-state index contributed by atoms with van der Waals surface area (Å²) in [7, 11) is 0. The van der Waals surface area contributed by atoms with Crippen LogP contribution in [0.3, 0.4) is 0 Å². The van der Waals surface area contributed by atoms with Gasteiger partial charge in [0.15, 0.2) is 11.5 Å². The van der Waals surface area contributed by atoms with E-state index in [0.29, 0.717) is 12.0 Å². The Morgan fingerprint density at radius 1 is 0.865 bits per heavy atom. The van der Waals surface area contributed by atoms with Gasteiger partial charge < -0.3 is 25.1 Å². The van der Waals surface area contributed by atoms with Crippen LogP contribution in [0, 0.1) is 23.7 Å². The molecule has 0 amide bonds. The standard InChI is InChI=1S/C28H43NO8/c1-9-10-24(30)35-17(6)13-21(25(29)26(31)32)20-11-12-22(36-27(33)18(7)15(2)3)23(14-20)37-28(34)19(8)16(4)5/h11-12,14-19,21,25H,9-10,13,29H2,1-8H3,(H,31,32)/t17?,18?,19?,21?,25-/m0/s1. The van der Waals surface area contributed by atoms with E-state index in [9.17, 15) is 24.3 Å². The summed E-state index contributed by atoms with van der Waals surface area (Å²) in [6.45, 7) is 14.6. The Hall–Kier alpha value is -2.94. The van der Waals surface area contributed by atoms with Crippen molar-refractivity contribution in [1.82, 2.24) is 0 Å². The number of aliphatic carboxylic acids is 1. The quantitative estimate of drug-likeness (QED) is 0.263. The number of esters is 3. The number of hydrogen-bond donors (Lipinski definition) is 2. The zero-order chi connectivity index (χ0) is 28.4. The van der Waals surface area contributed by atoms with Crippen LogP contribution in [-0.2, 0) is 23.9 Å². The number of nitrogens with two attached hydrogens (primary N) is 1. The van der Waals surface area contributed by atoms with Gasteiger partial charge in [-0.1, -0.05) is 54.5 Å². The molecular weight excluding hydrogens is 478 g/mol. The van der Waals surface area contributed by atoms with Gasteiger partial charge in [-0.15, -0.1) is 0 Å². The topological polar surface area (TPSA) is 142 Å². The zero-order valence-electron chi connectivity index (χ0n) is 23.3. The first-order valence-corrected chi connectivity index (χ1v) is 12.9. The second-order valence-corrected chi connectivity index (χ2v) is 10.4. The van der Waals surface area contributed by atoms with Gasteiger partial charge in [0.1, 0.15) is 6.04 Å². The van der Waals surface area contributed by atoms with Crippen molar-refractivity contribution in [2.24, 2.45) is 29.4 Å². The van der Waals surface area contributed by atoms with E-state index in [-0.39, 0.29) is 42.1 Å². The van der Waals surface area contributed by atoms with Gasteiger partial charge in [-0.2, -0.15) is 0 Å². The molecule has 0 aliphatic carbocycles. The highest BCUT2D eigenvalue weighted by atomic mass is 16.6. The Labute approximate surface area is 220 Å². The van der Waals surface area contributed by atoms with Crippen LogP contribution in [0.2, 0.25) is 0 Å². The van der Waals surface area contributed by atoms with Crippen LogP contribution in [0.1, 0.15) is 86.1 Å². The lowest BCUT2D eigenvalue weighted by molar-refractivity contribution is -0.149. The van der Waals surface area contributed by atoms with Crippen LogP contribution in [0.15, 0.2) is 18.2 Å². The maximum absolute atomic E-state index is 12.8. The van der Waals surface area contributed by atoms with Crippen molar-refractivity contribution in [3.05, 3.63) is 23.8 Å². The molecule has 0 saturated carbocycles. The van der Waals surface area contributed by atoms with Crippen LogP contribution in [0.4, 0.5) is 0 Å². The molecule has 1 rings (SSSR count). The Morgan fingerprint density at radius 2 is 1.38 bits per heavy atom. The molecule has 0 radical (unpaired) electrons. The smallest absolute Gasteiger partial charge is 0.321 e. The molecule has 0 saturated heterocycles. The molecule has 37 heavy (non-hydrogen) atoms. The molecule has 0 aliphatic rings. The highest BCUT2D eigenvalue weighted by Gasteiger charge is 2.31. The molecule has 0 bridgehead atoms. The summed E-state index contributed by atoms with van der Waals surface area (Å²) in [5.74, 6) is -4.12. The minimum atomic E-state index is -1.32. The normalized spacial score (nSPS) is 15.4. The lowest BCUT2D eigenvalue weighted by Crippen LogP contribution is -2.38. The van der Waals surface area contributed by atoms with Crippen LogP contribution < -0.4 is 15.2 Å². The Morgan fingerprint density at radius 3 is 1.84 bits per heavy atom. The van der Waals surface area contributed by atoms with Crippen molar-refractivity contribution in [2.45, 2.75) is 92.7 Å². The van der Waals surface area contributed by atoms with Crippen molar-refractivity contribution >= 4 is 23.9 Å². The van der Waals surface area contributed by atoms with Crippen LogP contribution >= 0.6 is 0 Å². The van der Waals surface area contributed by atoms with Gasteiger partial charge in [-0.25, -0.2) is 0 Å². The van der Waals surface area contributed by atoms with Crippen LogP contribution in [0.5, 0.6) is 11.5 Å². The van der Waals surface area contributed by atoms with E-state index in [0.717, 1.165) is 0 Å². The molecule has 0 fully saturated rings. The van der Waals surface area contributed by atoms with E-state index in [2.05, 4.69) is 0 Å². The molecule has 0 spiro atoms. The molecule has 208 valence electrons. The van der Waals surface area contributed by atoms with E-state index in [4.69, 9.17) is 19.9 Å². The van der Waals surface area contributed by atoms with Gasteiger partial charge in [0.2, 0.25) is 0 Å². The fourth-order valence-corrected chi connectivity index (χ4v) is 3.42. The summed E-state index contributed by atoms with van der Waals surface area (Å²) in [5, 5.41) is 9.64. The van der Waals surface area contributed by atoms with Crippen molar-refractivity contribution in [1.29, 1.82) is 0 Å². The van der Waals surface area contributed by atoms with E-state index in [1.165, 1.54) is 12.1 Å². The van der Waals surface area contributed by atoms with E-state index < -0.39 is 47.8 Å². The maximum Gasteiger partial charge on any atom is 0.321 e. The average molecular weight is 522 g/mol. The van der Waals surface area contributed by atoms with Gasteiger partial charge >= 0.3 is 23.9 Å². The predicted octanol–water partition coefficient (Wildman–Crippen LogP) is 4.70. The Kier molecular flexibility index (Phi) is 12.8. The minimum Gasteiger partial charge on any atom is -0.480 e. The molecule has 9 nitrogen and oxygen atoms in total. The van der Waals surface area contributed by atoms with Crippen molar-refractivity contribution < 1.29 is 38.5 Å². The fourth-order valence-electron chi connectivity index (χ4n) is 3.42. The van der Waals surface area contributed by atoms with Crippen LogP contribution in [0.25, 0.3) is 0 Å². The number of rotatable bonds is 14. The molecule has 9 heteroatoms. The fraction of sp³-hybridized carbons (Fsp3) is 0.643. The van der Waals surface area contributed by atoms with Crippen LogP contribution in [-0.4, -0.2) is 41.1 Å². The summed E-state index contributed by atoms with van der Waals surface area (Å²) >= 11 is 0. The number of ether oxygens (including phenoxy) is 3. The minimum absolute atomic E-state index is 0.00229. The summed E-state index contributed by atoms with van der Waals surface area (Å²) in [6, 6.07) is 3.21. The first-order chi connectivity index (χ1) is 17.2. The molecule has 1 aromatic carbocycles. The van der Waals surface area contributed by atoms with Crippen molar-refractivity contribution in [2.75, 3.05) is 0 Å². The third-order valence-electron chi connectivity index (χ3n) is 6.65. The molecule has 3 N–H and O–H groups in total. The highest BCUT2D eigenvalue weighted by Crippen LogP contribution is 2.36. The van der Waals surface area contributed by atoms with Gasteiger partial charge in [0.05, 0.1) is 17.9 Å². The summed E-state index contributed by atoms with van der Waals surface area (Å²) in [4.78, 5) is 49.2. The summed E-state index contributed by atoms with van der Waals surface area (Å²) < 4.78 is 16.6. The number of benzene rings is 1. The molecular formula is C28H43NO8. The molecule has 0 aliphatic heterocycles. The number of carbonyl (C=O) groups is 4. The average Bonchev–Trinajstić information content (AvgIpc) is 2.81. The zero-order valence-corrected chi connectivity index (χ0v) is 23.3. The lowest BCUT2D eigenvalue weighted by Gasteiger charge is -2.26. The number of carbonyl (C=O) groups excluding carboxylic acids is 3. The number of hydrogen-bond acceptors (Lipinski definition) is 8.